The molecule has 0 radical (unpaired) electrons. The summed E-state index contributed by atoms with van der Waals surface area (Å²) in [6.07, 6.45) is 12.1. The standard InChI is InChI=1S/C19H27NO2/c1-18-7-5-12(21)9-11(18)10-15(20)17-13-3-4-16(22)19(13,2)8-6-14(17)18/h5,7,9-10,13-17,21-22H,3-4,6,8,20H2,1-2H3/t13-,14+,15?,16?,17-,18-,19-/m0/s1. The first-order valence-corrected chi connectivity index (χ1v) is 8.62. The minimum Gasteiger partial charge on any atom is -0.508 e. The third-order valence-electron chi connectivity index (χ3n) is 7.40. The number of fused-ring (bicyclic) bond motifs is 5. The third kappa shape index (κ3) is 1.70. The van der Waals surface area contributed by atoms with Crippen molar-refractivity contribution >= 4 is 0 Å². The van der Waals surface area contributed by atoms with Crippen LogP contribution in [0.4, 0.5) is 0 Å². The van der Waals surface area contributed by atoms with Crippen LogP contribution >= 0.6 is 0 Å². The van der Waals surface area contributed by atoms with Crippen molar-refractivity contribution in [2.45, 2.75) is 51.7 Å². The van der Waals surface area contributed by atoms with Gasteiger partial charge >= 0.3 is 0 Å². The highest BCUT2D eigenvalue weighted by atomic mass is 16.3. The van der Waals surface area contributed by atoms with Crippen molar-refractivity contribution in [2.24, 2.45) is 34.3 Å². The van der Waals surface area contributed by atoms with Crippen molar-refractivity contribution in [3.8, 4) is 0 Å². The lowest BCUT2D eigenvalue weighted by atomic mass is 9.48. The topological polar surface area (TPSA) is 66.5 Å². The van der Waals surface area contributed by atoms with E-state index in [-0.39, 0.29) is 23.0 Å². The number of nitrogens with two attached hydrogens (primary N) is 1. The quantitative estimate of drug-likeness (QED) is 0.644. The van der Waals surface area contributed by atoms with Crippen molar-refractivity contribution in [3.63, 3.8) is 0 Å². The number of aliphatic hydroxyl groups excluding tert-OH is 2. The predicted octanol–water partition coefficient (Wildman–Crippen LogP) is 3.08. The first-order chi connectivity index (χ1) is 10.4. The van der Waals surface area contributed by atoms with Gasteiger partial charge in [-0.2, -0.15) is 0 Å². The van der Waals surface area contributed by atoms with Gasteiger partial charge in [-0.1, -0.05) is 26.0 Å². The molecule has 0 bridgehead atoms. The van der Waals surface area contributed by atoms with Crippen LogP contribution in [0.15, 0.2) is 35.6 Å². The van der Waals surface area contributed by atoms with Crippen molar-refractivity contribution < 1.29 is 10.2 Å². The van der Waals surface area contributed by atoms with E-state index < -0.39 is 0 Å². The summed E-state index contributed by atoms with van der Waals surface area (Å²) in [4.78, 5) is 0. The Bertz CT molecular complexity index is 592. The van der Waals surface area contributed by atoms with Gasteiger partial charge < -0.3 is 15.9 Å². The van der Waals surface area contributed by atoms with Gasteiger partial charge in [0.1, 0.15) is 5.76 Å². The molecule has 3 heteroatoms. The van der Waals surface area contributed by atoms with Crippen LogP contribution in [-0.4, -0.2) is 22.4 Å². The normalized spacial score (nSPS) is 53.2. The molecule has 2 fully saturated rings. The molecular weight excluding hydrogens is 274 g/mol. The lowest BCUT2D eigenvalue weighted by Crippen LogP contribution is -2.55. The summed E-state index contributed by atoms with van der Waals surface area (Å²) >= 11 is 0. The largest absolute Gasteiger partial charge is 0.508 e. The lowest BCUT2D eigenvalue weighted by molar-refractivity contribution is -0.0577. The monoisotopic (exact) mass is 301 g/mol. The van der Waals surface area contributed by atoms with Crippen LogP contribution in [0.2, 0.25) is 0 Å². The Morgan fingerprint density at radius 1 is 1.18 bits per heavy atom. The Kier molecular flexibility index (Phi) is 2.96. The van der Waals surface area contributed by atoms with Crippen molar-refractivity contribution in [1.82, 2.24) is 0 Å². The van der Waals surface area contributed by atoms with E-state index in [2.05, 4.69) is 26.0 Å². The van der Waals surface area contributed by atoms with Crippen LogP contribution in [0.25, 0.3) is 0 Å². The van der Waals surface area contributed by atoms with E-state index in [1.54, 1.807) is 0 Å². The van der Waals surface area contributed by atoms with Crippen LogP contribution in [0, 0.1) is 28.6 Å². The van der Waals surface area contributed by atoms with Crippen molar-refractivity contribution in [3.05, 3.63) is 35.6 Å². The molecule has 4 aliphatic carbocycles. The average molecular weight is 301 g/mol. The molecule has 0 aromatic rings. The molecule has 2 saturated carbocycles. The summed E-state index contributed by atoms with van der Waals surface area (Å²) in [6, 6.07) is 0.0264. The zero-order chi connectivity index (χ0) is 15.7. The summed E-state index contributed by atoms with van der Waals surface area (Å²) in [5, 5.41) is 20.3. The summed E-state index contributed by atoms with van der Waals surface area (Å²) in [5.41, 5.74) is 7.75. The van der Waals surface area contributed by atoms with E-state index >= 15 is 0 Å². The molecule has 0 saturated heterocycles. The van der Waals surface area contributed by atoms with Gasteiger partial charge in [0.05, 0.1) is 6.10 Å². The Morgan fingerprint density at radius 2 is 1.95 bits per heavy atom. The van der Waals surface area contributed by atoms with Gasteiger partial charge in [-0.05, 0) is 66.6 Å². The van der Waals surface area contributed by atoms with Gasteiger partial charge in [0.15, 0.2) is 0 Å². The summed E-state index contributed by atoms with van der Waals surface area (Å²) in [5.74, 6) is 1.78. The van der Waals surface area contributed by atoms with Gasteiger partial charge in [0, 0.05) is 11.5 Å². The van der Waals surface area contributed by atoms with Gasteiger partial charge in [0.25, 0.3) is 0 Å². The molecule has 0 aliphatic heterocycles. The Labute approximate surface area is 132 Å². The fourth-order valence-corrected chi connectivity index (χ4v) is 6.01. The molecule has 4 rings (SSSR count). The molecule has 0 heterocycles. The first-order valence-electron chi connectivity index (χ1n) is 8.62. The SMILES string of the molecule is C[C@]12C=CC(O)=CC1=CC(N)[C@@H]1[C@H]2CC[C@]2(C)C(O)CC[C@@H]12. The highest BCUT2D eigenvalue weighted by Crippen LogP contribution is 2.63. The Morgan fingerprint density at radius 3 is 2.73 bits per heavy atom. The summed E-state index contributed by atoms with van der Waals surface area (Å²) < 4.78 is 0. The fourth-order valence-electron chi connectivity index (χ4n) is 6.01. The van der Waals surface area contributed by atoms with Crippen LogP contribution in [0.3, 0.4) is 0 Å². The molecule has 120 valence electrons. The maximum Gasteiger partial charge on any atom is 0.115 e. The highest BCUT2D eigenvalue weighted by molar-refractivity contribution is 5.44. The van der Waals surface area contributed by atoms with E-state index in [0.717, 1.165) is 25.7 Å². The van der Waals surface area contributed by atoms with Gasteiger partial charge in [0.2, 0.25) is 0 Å². The van der Waals surface area contributed by atoms with E-state index in [9.17, 15) is 10.2 Å². The predicted molar refractivity (Wildman–Crippen MR) is 87.1 cm³/mol. The molecule has 0 amide bonds. The smallest absolute Gasteiger partial charge is 0.115 e. The van der Waals surface area contributed by atoms with Crippen LogP contribution in [-0.2, 0) is 0 Å². The molecule has 22 heavy (non-hydrogen) atoms. The second-order valence-corrected chi connectivity index (χ2v) is 8.31. The average Bonchev–Trinajstić information content (AvgIpc) is 2.77. The number of allylic oxidation sites excluding steroid dienone is 4. The zero-order valence-corrected chi connectivity index (χ0v) is 13.5. The second-order valence-electron chi connectivity index (χ2n) is 8.31. The molecule has 0 aromatic carbocycles. The van der Waals surface area contributed by atoms with Crippen LogP contribution in [0.5, 0.6) is 0 Å². The van der Waals surface area contributed by atoms with E-state index in [1.807, 2.05) is 12.2 Å². The molecule has 0 spiro atoms. The maximum atomic E-state index is 10.5. The van der Waals surface area contributed by atoms with E-state index in [1.165, 1.54) is 5.57 Å². The van der Waals surface area contributed by atoms with E-state index in [4.69, 9.17) is 5.73 Å². The summed E-state index contributed by atoms with van der Waals surface area (Å²) in [7, 11) is 0. The fraction of sp³-hybridized carbons (Fsp3) is 0.684. The maximum absolute atomic E-state index is 10.5. The Balaban J connectivity index is 1.79. The van der Waals surface area contributed by atoms with Crippen molar-refractivity contribution in [1.29, 1.82) is 0 Å². The second kappa shape index (κ2) is 4.48. The molecule has 4 aliphatic rings. The van der Waals surface area contributed by atoms with E-state index in [0.29, 0.717) is 23.5 Å². The first kappa shape index (κ1) is 14.5. The molecule has 4 N–H and O–H groups in total. The van der Waals surface area contributed by atoms with Crippen LogP contribution < -0.4 is 5.73 Å². The third-order valence-corrected chi connectivity index (χ3v) is 7.40. The lowest BCUT2D eigenvalue weighted by Gasteiger charge is -2.57. The molecule has 3 nitrogen and oxygen atoms in total. The molecule has 2 unspecified atom stereocenters. The molecular formula is C19H27NO2. The highest BCUT2D eigenvalue weighted by Gasteiger charge is 2.59. The number of hydrogen-bond acceptors (Lipinski definition) is 3. The molecule has 0 aromatic heterocycles. The number of hydrogen-bond donors (Lipinski definition) is 3. The number of rotatable bonds is 0. The summed E-state index contributed by atoms with van der Waals surface area (Å²) in [6.45, 7) is 4.55. The van der Waals surface area contributed by atoms with Crippen LogP contribution in [0.1, 0.15) is 39.5 Å². The Hall–Kier alpha value is -1.06. The molecule has 7 atom stereocenters. The minimum absolute atomic E-state index is 0.0262. The minimum atomic E-state index is -0.172. The van der Waals surface area contributed by atoms with Gasteiger partial charge in [-0.25, -0.2) is 0 Å². The zero-order valence-electron chi connectivity index (χ0n) is 13.5. The van der Waals surface area contributed by atoms with Crippen molar-refractivity contribution in [2.75, 3.05) is 0 Å². The number of aliphatic hydroxyl groups is 2. The van der Waals surface area contributed by atoms with Gasteiger partial charge in [-0.3, -0.25) is 0 Å². The van der Waals surface area contributed by atoms with Gasteiger partial charge in [-0.15, -0.1) is 0 Å².